The molecule has 1 aliphatic heterocycles. The number of anilines is 2. The van der Waals surface area contributed by atoms with E-state index in [0.29, 0.717) is 10.8 Å². The number of hydrogen-bond acceptors (Lipinski definition) is 5. The van der Waals surface area contributed by atoms with Crippen molar-refractivity contribution in [3.05, 3.63) is 102 Å². The van der Waals surface area contributed by atoms with Crippen LogP contribution in [-0.4, -0.2) is 41.4 Å². The van der Waals surface area contributed by atoms with Gasteiger partial charge in [-0.05, 0) is 86.2 Å². The van der Waals surface area contributed by atoms with E-state index in [1.807, 2.05) is 60.7 Å². The van der Waals surface area contributed by atoms with E-state index in [2.05, 4.69) is 51.1 Å². The van der Waals surface area contributed by atoms with Crippen molar-refractivity contribution in [1.29, 1.82) is 0 Å². The minimum absolute atomic E-state index is 0.00137. The first-order chi connectivity index (χ1) is 18.9. The standard InChI is InChI=1S/C30H31N5O3S/c1-19-16-25(20(2)34(19)23-8-7-9-24(17-23)38-4)29-28(26-10-5-6-15-31-26)33-30(39)35(29)22-13-11-21(12-14-22)32-27(36)18-37-3/h5-17,28-29H,18H2,1-4H3,(H,32,36)(H,33,39)/t28-,29-/m1/s1. The van der Waals surface area contributed by atoms with Crippen LogP contribution in [0.2, 0.25) is 0 Å². The zero-order valence-electron chi connectivity index (χ0n) is 22.3. The summed E-state index contributed by atoms with van der Waals surface area (Å²) in [5.74, 6) is 0.595. The summed E-state index contributed by atoms with van der Waals surface area (Å²) >= 11 is 5.90. The third-order valence-electron chi connectivity index (χ3n) is 6.90. The van der Waals surface area contributed by atoms with Crippen molar-refractivity contribution in [3.8, 4) is 11.4 Å². The highest BCUT2D eigenvalue weighted by atomic mass is 32.1. The molecular weight excluding hydrogens is 510 g/mol. The van der Waals surface area contributed by atoms with Gasteiger partial charge < -0.3 is 29.6 Å². The number of carbonyl (C=O) groups is 1. The van der Waals surface area contributed by atoms with Crippen LogP contribution in [0.4, 0.5) is 11.4 Å². The highest BCUT2D eigenvalue weighted by Crippen LogP contribution is 2.44. The van der Waals surface area contributed by atoms with E-state index in [1.165, 1.54) is 7.11 Å². The zero-order chi connectivity index (χ0) is 27.5. The van der Waals surface area contributed by atoms with Crippen LogP contribution in [0.3, 0.4) is 0 Å². The number of benzene rings is 2. The van der Waals surface area contributed by atoms with Gasteiger partial charge in [-0.3, -0.25) is 9.78 Å². The van der Waals surface area contributed by atoms with E-state index in [1.54, 1.807) is 13.3 Å². The minimum atomic E-state index is -0.207. The number of methoxy groups -OCH3 is 2. The molecule has 0 saturated carbocycles. The Bertz CT molecular complexity index is 1490. The first-order valence-corrected chi connectivity index (χ1v) is 13.0. The second-order valence-electron chi connectivity index (χ2n) is 9.39. The molecule has 2 N–H and O–H groups in total. The van der Waals surface area contributed by atoms with Gasteiger partial charge in [-0.2, -0.15) is 0 Å². The summed E-state index contributed by atoms with van der Waals surface area (Å²) in [5, 5.41) is 6.98. The molecule has 9 heteroatoms. The topological polar surface area (TPSA) is 80.7 Å². The molecule has 39 heavy (non-hydrogen) atoms. The van der Waals surface area contributed by atoms with Crippen LogP contribution in [0.5, 0.6) is 5.75 Å². The lowest BCUT2D eigenvalue weighted by Gasteiger charge is -2.28. The Hall–Kier alpha value is -4.21. The van der Waals surface area contributed by atoms with E-state index in [9.17, 15) is 4.79 Å². The molecule has 1 aliphatic rings. The van der Waals surface area contributed by atoms with E-state index in [4.69, 9.17) is 21.7 Å². The van der Waals surface area contributed by atoms with Crippen LogP contribution in [0.1, 0.15) is 34.7 Å². The number of hydrogen-bond donors (Lipinski definition) is 2. The SMILES string of the molecule is COCC(=O)Nc1ccc(N2C(=S)N[C@H](c3ccccn3)[C@H]2c2cc(C)n(-c3cccc(OC)c3)c2C)cc1. The minimum Gasteiger partial charge on any atom is -0.497 e. The number of nitrogens with zero attached hydrogens (tertiary/aromatic N) is 3. The van der Waals surface area contributed by atoms with Crippen LogP contribution in [-0.2, 0) is 9.53 Å². The van der Waals surface area contributed by atoms with E-state index >= 15 is 0 Å². The van der Waals surface area contributed by atoms with Gasteiger partial charge in [0.1, 0.15) is 12.4 Å². The van der Waals surface area contributed by atoms with E-state index in [-0.39, 0.29) is 24.6 Å². The van der Waals surface area contributed by atoms with Crippen molar-refractivity contribution in [2.45, 2.75) is 25.9 Å². The number of rotatable bonds is 8. The molecule has 4 aromatic rings. The maximum atomic E-state index is 12.0. The highest BCUT2D eigenvalue weighted by molar-refractivity contribution is 7.80. The molecular formula is C30H31N5O3S. The number of aromatic nitrogens is 2. The van der Waals surface area contributed by atoms with Gasteiger partial charge in [-0.15, -0.1) is 0 Å². The number of nitrogens with one attached hydrogen (secondary N) is 2. The predicted octanol–water partition coefficient (Wildman–Crippen LogP) is 5.26. The third-order valence-corrected chi connectivity index (χ3v) is 7.22. The van der Waals surface area contributed by atoms with Crippen molar-refractivity contribution in [1.82, 2.24) is 14.9 Å². The molecule has 1 saturated heterocycles. The van der Waals surface area contributed by atoms with E-state index < -0.39 is 0 Å². The van der Waals surface area contributed by atoms with Gasteiger partial charge in [-0.1, -0.05) is 12.1 Å². The molecule has 2 aromatic carbocycles. The maximum absolute atomic E-state index is 12.0. The van der Waals surface area contributed by atoms with Crippen LogP contribution in [0.25, 0.3) is 5.69 Å². The lowest BCUT2D eigenvalue weighted by atomic mass is 9.96. The number of carbonyl (C=O) groups excluding carboxylic acids is 1. The molecule has 0 spiro atoms. The Morgan fingerprint density at radius 2 is 1.82 bits per heavy atom. The average Bonchev–Trinajstić information content (AvgIpc) is 3.44. The number of thiocarbonyl (C=S) groups is 1. The summed E-state index contributed by atoms with van der Waals surface area (Å²) in [4.78, 5) is 18.8. The molecule has 0 bridgehead atoms. The van der Waals surface area contributed by atoms with Crippen molar-refractivity contribution in [2.75, 3.05) is 31.0 Å². The van der Waals surface area contributed by atoms with Crippen molar-refractivity contribution in [3.63, 3.8) is 0 Å². The van der Waals surface area contributed by atoms with Gasteiger partial charge in [0.05, 0.1) is 24.9 Å². The number of amides is 1. The highest BCUT2D eigenvalue weighted by Gasteiger charge is 2.42. The third kappa shape index (κ3) is 5.23. The van der Waals surface area contributed by atoms with E-state index in [0.717, 1.165) is 39.8 Å². The van der Waals surface area contributed by atoms with Crippen molar-refractivity contribution >= 4 is 34.6 Å². The maximum Gasteiger partial charge on any atom is 0.250 e. The van der Waals surface area contributed by atoms with Crippen molar-refractivity contribution in [2.24, 2.45) is 0 Å². The Balaban J connectivity index is 1.58. The molecule has 3 heterocycles. The summed E-state index contributed by atoms with van der Waals surface area (Å²) < 4.78 is 12.6. The fourth-order valence-corrected chi connectivity index (χ4v) is 5.56. The van der Waals surface area contributed by atoms with Gasteiger partial charge in [0.15, 0.2) is 5.11 Å². The fourth-order valence-electron chi connectivity index (χ4n) is 5.22. The molecule has 2 atom stereocenters. The molecule has 8 nitrogen and oxygen atoms in total. The van der Waals surface area contributed by atoms with Crippen LogP contribution < -0.4 is 20.3 Å². The Labute approximate surface area is 233 Å². The normalized spacial score (nSPS) is 16.7. The molecule has 0 unspecified atom stereocenters. The predicted molar refractivity (Wildman–Crippen MR) is 157 cm³/mol. The largest absolute Gasteiger partial charge is 0.497 e. The first-order valence-electron chi connectivity index (χ1n) is 12.6. The molecule has 0 aliphatic carbocycles. The molecule has 0 radical (unpaired) electrons. The van der Waals surface area contributed by atoms with Gasteiger partial charge in [0, 0.05) is 47.8 Å². The van der Waals surface area contributed by atoms with Gasteiger partial charge >= 0.3 is 0 Å². The summed E-state index contributed by atoms with van der Waals surface area (Å²) in [6, 6.07) is 23.5. The fraction of sp³-hybridized carbons (Fsp3) is 0.233. The molecule has 1 fully saturated rings. The molecule has 1 amide bonds. The number of ether oxygens (including phenoxy) is 2. The lowest BCUT2D eigenvalue weighted by Crippen LogP contribution is -2.29. The second kappa shape index (κ2) is 11.3. The summed E-state index contributed by atoms with van der Waals surface area (Å²) in [6.45, 7) is 4.23. The second-order valence-corrected chi connectivity index (χ2v) is 9.77. The monoisotopic (exact) mass is 541 g/mol. The summed E-state index contributed by atoms with van der Waals surface area (Å²) in [7, 11) is 3.17. The first kappa shape index (κ1) is 26.4. The van der Waals surface area contributed by atoms with Crippen LogP contribution >= 0.6 is 12.2 Å². The average molecular weight is 542 g/mol. The zero-order valence-corrected chi connectivity index (χ0v) is 23.2. The molecule has 200 valence electrons. The Morgan fingerprint density at radius 3 is 2.51 bits per heavy atom. The lowest BCUT2D eigenvalue weighted by molar-refractivity contribution is -0.119. The quantitative estimate of drug-likeness (QED) is 0.295. The summed E-state index contributed by atoms with van der Waals surface area (Å²) in [5.41, 5.74) is 6.87. The summed E-state index contributed by atoms with van der Waals surface area (Å²) in [6.07, 6.45) is 1.80. The van der Waals surface area contributed by atoms with Gasteiger partial charge in [-0.25, -0.2) is 0 Å². The van der Waals surface area contributed by atoms with Gasteiger partial charge in [0.2, 0.25) is 5.91 Å². The number of pyridine rings is 1. The number of aryl methyl sites for hydroxylation is 1. The van der Waals surface area contributed by atoms with Gasteiger partial charge in [0.25, 0.3) is 0 Å². The Morgan fingerprint density at radius 1 is 1.03 bits per heavy atom. The molecule has 2 aromatic heterocycles. The van der Waals surface area contributed by atoms with Crippen LogP contribution in [0.15, 0.2) is 79.0 Å². The Kier molecular flexibility index (Phi) is 7.63. The van der Waals surface area contributed by atoms with Crippen molar-refractivity contribution < 1.29 is 14.3 Å². The molecule has 5 rings (SSSR count). The van der Waals surface area contributed by atoms with Crippen LogP contribution in [0, 0.1) is 13.8 Å². The smallest absolute Gasteiger partial charge is 0.250 e.